The van der Waals surface area contributed by atoms with Crippen molar-refractivity contribution in [3.8, 4) is 0 Å². The molecule has 5 nitrogen and oxygen atoms in total. The quantitative estimate of drug-likeness (QED) is 0.629. The summed E-state index contributed by atoms with van der Waals surface area (Å²) in [5, 5.41) is 14.6. The molecule has 0 aromatic rings. The highest BCUT2D eigenvalue weighted by atomic mass is 16.4. The average Bonchev–Trinajstić information content (AvgIpc) is 2.44. The zero-order valence-electron chi connectivity index (χ0n) is 12.7. The number of amides is 2. The van der Waals surface area contributed by atoms with Gasteiger partial charge < -0.3 is 15.7 Å². The third kappa shape index (κ3) is 6.26. The summed E-state index contributed by atoms with van der Waals surface area (Å²) in [6.45, 7) is 4.45. The SMILES string of the molecule is CCC1CCC(NC(=O)NCCCC(C)C(=O)O)CC1. The van der Waals surface area contributed by atoms with Crippen molar-refractivity contribution in [2.45, 2.75) is 64.8 Å². The molecule has 1 atom stereocenters. The van der Waals surface area contributed by atoms with Gasteiger partial charge in [0.25, 0.3) is 0 Å². The number of carboxylic acids is 1. The molecule has 0 saturated heterocycles. The fourth-order valence-electron chi connectivity index (χ4n) is 2.69. The molecule has 116 valence electrons. The minimum atomic E-state index is -0.776. The Bertz CT molecular complexity index is 312. The van der Waals surface area contributed by atoms with E-state index in [1.807, 2.05) is 0 Å². The van der Waals surface area contributed by atoms with Crippen LogP contribution in [0, 0.1) is 11.8 Å². The largest absolute Gasteiger partial charge is 0.481 e. The Kier molecular flexibility index (Phi) is 7.41. The molecule has 0 radical (unpaired) electrons. The van der Waals surface area contributed by atoms with E-state index >= 15 is 0 Å². The lowest BCUT2D eigenvalue weighted by Crippen LogP contribution is -2.43. The number of carbonyl (C=O) groups is 2. The smallest absolute Gasteiger partial charge is 0.315 e. The van der Waals surface area contributed by atoms with Crippen molar-refractivity contribution in [1.82, 2.24) is 10.6 Å². The summed E-state index contributed by atoms with van der Waals surface area (Å²) in [6, 6.07) is 0.184. The zero-order chi connectivity index (χ0) is 15.0. The van der Waals surface area contributed by atoms with Crippen molar-refractivity contribution in [1.29, 1.82) is 0 Å². The number of rotatable bonds is 7. The van der Waals surface area contributed by atoms with E-state index in [9.17, 15) is 9.59 Å². The molecule has 0 heterocycles. The Labute approximate surface area is 121 Å². The van der Waals surface area contributed by atoms with E-state index in [2.05, 4.69) is 17.6 Å². The number of carboxylic acid groups (broad SMARTS) is 1. The molecule has 1 rings (SSSR count). The third-order valence-corrected chi connectivity index (χ3v) is 4.28. The van der Waals surface area contributed by atoms with E-state index in [1.54, 1.807) is 6.92 Å². The van der Waals surface area contributed by atoms with Gasteiger partial charge in [0.1, 0.15) is 0 Å². The first-order valence-corrected chi connectivity index (χ1v) is 7.80. The Morgan fingerprint density at radius 2 is 1.90 bits per heavy atom. The first kappa shape index (κ1) is 16.8. The van der Waals surface area contributed by atoms with E-state index in [1.165, 1.54) is 19.3 Å². The topological polar surface area (TPSA) is 78.4 Å². The van der Waals surface area contributed by atoms with Gasteiger partial charge in [-0.25, -0.2) is 4.79 Å². The standard InChI is InChI=1S/C15H28N2O3/c1-3-12-6-8-13(9-7-12)17-15(20)16-10-4-5-11(2)14(18)19/h11-13H,3-10H2,1-2H3,(H,18,19)(H2,16,17,20). The van der Waals surface area contributed by atoms with Crippen LogP contribution in [0.5, 0.6) is 0 Å². The first-order valence-electron chi connectivity index (χ1n) is 7.80. The van der Waals surface area contributed by atoms with E-state index in [0.717, 1.165) is 18.8 Å². The molecule has 0 spiro atoms. The van der Waals surface area contributed by atoms with Crippen LogP contribution in [0.25, 0.3) is 0 Å². The maximum Gasteiger partial charge on any atom is 0.315 e. The van der Waals surface area contributed by atoms with E-state index in [0.29, 0.717) is 25.4 Å². The summed E-state index contributed by atoms with van der Waals surface area (Å²) in [5.74, 6) is -0.292. The van der Waals surface area contributed by atoms with Crippen LogP contribution >= 0.6 is 0 Å². The molecule has 1 unspecified atom stereocenters. The van der Waals surface area contributed by atoms with Gasteiger partial charge in [-0.2, -0.15) is 0 Å². The normalized spacial score (nSPS) is 23.9. The second-order valence-corrected chi connectivity index (χ2v) is 5.91. The number of hydrogen-bond acceptors (Lipinski definition) is 2. The summed E-state index contributed by atoms with van der Waals surface area (Å²) in [5.41, 5.74) is 0. The van der Waals surface area contributed by atoms with Crippen molar-refractivity contribution >= 4 is 12.0 Å². The van der Waals surface area contributed by atoms with Gasteiger partial charge in [-0.1, -0.05) is 20.3 Å². The van der Waals surface area contributed by atoms with Gasteiger partial charge in [0.2, 0.25) is 0 Å². The van der Waals surface area contributed by atoms with Crippen LogP contribution in [0.3, 0.4) is 0 Å². The van der Waals surface area contributed by atoms with Crippen LogP contribution < -0.4 is 10.6 Å². The molecular weight excluding hydrogens is 256 g/mol. The molecule has 2 amide bonds. The van der Waals surface area contributed by atoms with Crippen LogP contribution in [-0.4, -0.2) is 29.7 Å². The molecule has 20 heavy (non-hydrogen) atoms. The highest BCUT2D eigenvalue weighted by molar-refractivity contribution is 5.74. The van der Waals surface area contributed by atoms with Gasteiger partial charge in [0, 0.05) is 12.6 Å². The molecule has 0 bridgehead atoms. The summed E-state index contributed by atoms with van der Waals surface area (Å²) in [6.07, 6.45) is 7.08. The van der Waals surface area contributed by atoms with Crippen molar-refractivity contribution in [3.63, 3.8) is 0 Å². The van der Waals surface area contributed by atoms with Crippen LogP contribution in [0.15, 0.2) is 0 Å². The highest BCUT2D eigenvalue weighted by Gasteiger charge is 2.21. The molecule has 0 aromatic carbocycles. The number of hydrogen-bond donors (Lipinski definition) is 3. The highest BCUT2D eigenvalue weighted by Crippen LogP contribution is 2.26. The number of aliphatic carboxylic acids is 1. The van der Waals surface area contributed by atoms with Gasteiger partial charge in [-0.05, 0) is 44.4 Å². The third-order valence-electron chi connectivity index (χ3n) is 4.28. The van der Waals surface area contributed by atoms with Crippen LogP contribution in [0.2, 0.25) is 0 Å². The minimum absolute atomic E-state index is 0.118. The maximum absolute atomic E-state index is 11.7. The van der Waals surface area contributed by atoms with Crippen LogP contribution in [-0.2, 0) is 4.79 Å². The molecule has 0 aliphatic heterocycles. The van der Waals surface area contributed by atoms with Crippen molar-refractivity contribution in [2.75, 3.05) is 6.54 Å². The van der Waals surface area contributed by atoms with E-state index < -0.39 is 5.97 Å². The van der Waals surface area contributed by atoms with Crippen LogP contribution in [0.1, 0.15) is 58.8 Å². The van der Waals surface area contributed by atoms with E-state index in [4.69, 9.17) is 5.11 Å². The Hall–Kier alpha value is -1.26. The maximum atomic E-state index is 11.7. The second kappa shape index (κ2) is 8.82. The van der Waals surface area contributed by atoms with Gasteiger partial charge >= 0.3 is 12.0 Å². The monoisotopic (exact) mass is 284 g/mol. The van der Waals surface area contributed by atoms with Crippen molar-refractivity contribution in [2.24, 2.45) is 11.8 Å². The average molecular weight is 284 g/mol. The molecule has 1 aliphatic rings. The molecular formula is C15H28N2O3. The minimum Gasteiger partial charge on any atom is -0.481 e. The molecule has 5 heteroatoms. The molecule has 3 N–H and O–H groups in total. The fourth-order valence-corrected chi connectivity index (χ4v) is 2.69. The number of nitrogens with one attached hydrogen (secondary N) is 2. The molecule has 1 aliphatic carbocycles. The van der Waals surface area contributed by atoms with E-state index in [-0.39, 0.29) is 11.9 Å². The fraction of sp³-hybridized carbons (Fsp3) is 0.867. The lowest BCUT2D eigenvalue weighted by atomic mass is 9.85. The summed E-state index contributed by atoms with van der Waals surface area (Å²) < 4.78 is 0. The van der Waals surface area contributed by atoms with Crippen molar-refractivity contribution < 1.29 is 14.7 Å². The summed E-state index contributed by atoms with van der Waals surface area (Å²) in [4.78, 5) is 22.3. The zero-order valence-corrected chi connectivity index (χ0v) is 12.7. The van der Waals surface area contributed by atoms with Gasteiger partial charge in [-0.3, -0.25) is 4.79 Å². The number of urea groups is 1. The Balaban J connectivity index is 2.07. The van der Waals surface area contributed by atoms with Crippen LogP contribution in [0.4, 0.5) is 4.79 Å². The number of carbonyl (C=O) groups excluding carboxylic acids is 1. The first-order chi connectivity index (χ1) is 9.52. The molecule has 0 aromatic heterocycles. The molecule has 1 saturated carbocycles. The second-order valence-electron chi connectivity index (χ2n) is 5.91. The van der Waals surface area contributed by atoms with Crippen molar-refractivity contribution in [3.05, 3.63) is 0 Å². The summed E-state index contributed by atoms with van der Waals surface area (Å²) in [7, 11) is 0. The predicted molar refractivity (Wildman–Crippen MR) is 78.6 cm³/mol. The summed E-state index contributed by atoms with van der Waals surface area (Å²) >= 11 is 0. The predicted octanol–water partition coefficient (Wildman–Crippen LogP) is 2.76. The molecule has 1 fully saturated rings. The van der Waals surface area contributed by atoms with Gasteiger partial charge in [-0.15, -0.1) is 0 Å². The lowest BCUT2D eigenvalue weighted by Gasteiger charge is -2.28. The Morgan fingerprint density at radius 3 is 2.45 bits per heavy atom. The lowest BCUT2D eigenvalue weighted by molar-refractivity contribution is -0.141. The van der Waals surface area contributed by atoms with Gasteiger partial charge in [0.05, 0.1) is 5.92 Å². The van der Waals surface area contributed by atoms with Gasteiger partial charge in [0.15, 0.2) is 0 Å². The Morgan fingerprint density at radius 1 is 1.25 bits per heavy atom.